The third-order valence-corrected chi connectivity index (χ3v) is 2.16. The molecule has 0 bridgehead atoms. The van der Waals surface area contributed by atoms with Gasteiger partial charge in [0.2, 0.25) is 0 Å². The average Bonchev–Trinajstić information content (AvgIpc) is 2.70. The van der Waals surface area contributed by atoms with E-state index in [-0.39, 0.29) is 6.42 Å². The van der Waals surface area contributed by atoms with Crippen molar-refractivity contribution in [1.82, 2.24) is 10.1 Å². The Morgan fingerprint density at radius 1 is 1.62 bits per heavy atom. The maximum atomic E-state index is 8.39. The summed E-state index contributed by atoms with van der Waals surface area (Å²) < 4.78 is 4.96. The topological polar surface area (TPSA) is 62.7 Å². The van der Waals surface area contributed by atoms with Crippen molar-refractivity contribution in [3.63, 3.8) is 0 Å². The van der Waals surface area contributed by atoms with Gasteiger partial charge in [0.1, 0.15) is 0 Å². The van der Waals surface area contributed by atoms with Gasteiger partial charge < -0.3 is 4.52 Å². The van der Waals surface area contributed by atoms with E-state index in [2.05, 4.69) is 10.1 Å². The van der Waals surface area contributed by atoms with Gasteiger partial charge in [0, 0.05) is 5.38 Å². The number of hydrogen-bond acceptors (Lipinski definition) is 5. The van der Waals surface area contributed by atoms with Crippen molar-refractivity contribution in [1.29, 1.82) is 5.26 Å². The minimum Gasteiger partial charge on any atom is -0.334 e. The molecule has 5 heteroatoms. The summed E-state index contributed by atoms with van der Waals surface area (Å²) >= 11 is 1.56. The van der Waals surface area contributed by atoms with E-state index < -0.39 is 0 Å². The van der Waals surface area contributed by atoms with Gasteiger partial charge in [-0.25, -0.2) is 0 Å². The summed E-state index contributed by atoms with van der Waals surface area (Å²) in [5.41, 5.74) is 0.904. The lowest BCUT2D eigenvalue weighted by Crippen LogP contribution is -1.83. The zero-order valence-corrected chi connectivity index (χ0v) is 7.41. The molecule has 0 saturated heterocycles. The molecule has 2 aromatic heterocycles. The van der Waals surface area contributed by atoms with Crippen LogP contribution in [0.25, 0.3) is 11.5 Å². The highest BCUT2D eigenvalue weighted by molar-refractivity contribution is 7.08. The van der Waals surface area contributed by atoms with Gasteiger partial charge in [-0.3, -0.25) is 0 Å². The predicted octanol–water partition coefficient (Wildman–Crippen LogP) is 1.86. The molecule has 0 aliphatic carbocycles. The summed E-state index contributed by atoms with van der Waals surface area (Å²) in [6.45, 7) is 0. The number of nitriles is 1. The van der Waals surface area contributed by atoms with E-state index in [0.29, 0.717) is 11.7 Å². The fourth-order valence-electron chi connectivity index (χ4n) is 0.900. The van der Waals surface area contributed by atoms with E-state index in [1.807, 2.05) is 22.9 Å². The Morgan fingerprint density at radius 3 is 3.23 bits per heavy atom. The van der Waals surface area contributed by atoms with Crippen LogP contribution in [-0.4, -0.2) is 10.1 Å². The molecule has 0 aliphatic heterocycles. The van der Waals surface area contributed by atoms with Crippen LogP contribution in [0.15, 0.2) is 21.3 Å². The molecule has 2 rings (SSSR count). The molecule has 0 atom stereocenters. The van der Waals surface area contributed by atoms with Crippen LogP contribution in [0.4, 0.5) is 0 Å². The Kier molecular flexibility index (Phi) is 2.06. The van der Waals surface area contributed by atoms with Gasteiger partial charge in [0.25, 0.3) is 5.89 Å². The highest BCUT2D eigenvalue weighted by atomic mass is 32.1. The normalized spacial score (nSPS) is 9.77. The monoisotopic (exact) mass is 191 g/mol. The van der Waals surface area contributed by atoms with Crippen LogP contribution in [-0.2, 0) is 6.42 Å². The predicted molar refractivity (Wildman–Crippen MR) is 46.9 cm³/mol. The van der Waals surface area contributed by atoms with Crippen molar-refractivity contribution in [3.05, 3.63) is 22.7 Å². The molecule has 2 aromatic rings. The average molecular weight is 191 g/mol. The second-order valence-corrected chi connectivity index (χ2v) is 3.14. The minimum atomic E-state index is 0.188. The third kappa shape index (κ3) is 1.58. The first-order valence-corrected chi connectivity index (χ1v) is 4.56. The van der Waals surface area contributed by atoms with Crippen LogP contribution in [0.2, 0.25) is 0 Å². The number of aromatic nitrogens is 2. The Balaban J connectivity index is 2.29. The number of thiophene rings is 1. The smallest absolute Gasteiger partial charge is 0.258 e. The standard InChI is InChI=1S/C8H5N3OS/c9-3-1-7-10-8(12-11-7)6-2-4-13-5-6/h2,4-5H,1H2. The van der Waals surface area contributed by atoms with E-state index in [1.54, 1.807) is 11.3 Å². The molecule has 4 nitrogen and oxygen atoms in total. The van der Waals surface area contributed by atoms with Gasteiger partial charge in [0.15, 0.2) is 5.82 Å². The Bertz CT molecular complexity index is 426. The molecule has 64 valence electrons. The molecule has 13 heavy (non-hydrogen) atoms. The molecular formula is C8H5N3OS. The van der Waals surface area contributed by atoms with E-state index in [1.165, 1.54) is 0 Å². The lowest BCUT2D eigenvalue weighted by molar-refractivity contribution is 0.424. The quantitative estimate of drug-likeness (QED) is 0.726. The molecule has 0 N–H and O–H groups in total. The van der Waals surface area contributed by atoms with Crippen molar-refractivity contribution < 1.29 is 4.52 Å². The van der Waals surface area contributed by atoms with Crippen molar-refractivity contribution in [3.8, 4) is 17.5 Å². The van der Waals surface area contributed by atoms with E-state index in [9.17, 15) is 0 Å². The third-order valence-electron chi connectivity index (χ3n) is 1.47. The molecule has 0 saturated carbocycles. The van der Waals surface area contributed by atoms with Gasteiger partial charge >= 0.3 is 0 Å². The molecule has 0 unspecified atom stereocenters. The first-order valence-electron chi connectivity index (χ1n) is 3.62. The van der Waals surface area contributed by atoms with Crippen LogP contribution in [0, 0.1) is 11.3 Å². The van der Waals surface area contributed by atoms with E-state index in [4.69, 9.17) is 9.78 Å². The zero-order chi connectivity index (χ0) is 9.10. The highest BCUT2D eigenvalue weighted by Gasteiger charge is 2.07. The van der Waals surface area contributed by atoms with Gasteiger partial charge in [-0.2, -0.15) is 21.6 Å². The number of hydrogen-bond donors (Lipinski definition) is 0. The Hall–Kier alpha value is -1.67. The Morgan fingerprint density at radius 2 is 2.54 bits per heavy atom. The fraction of sp³-hybridized carbons (Fsp3) is 0.125. The number of nitrogens with zero attached hydrogens (tertiary/aromatic N) is 3. The van der Waals surface area contributed by atoms with E-state index in [0.717, 1.165) is 5.56 Å². The minimum absolute atomic E-state index is 0.188. The first-order chi connectivity index (χ1) is 6.40. The number of rotatable bonds is 2. The van der Waals surface area contributed by atoms with Gasteiger partial charge in [0.05, 0.1) is 18.1 Å². The van der Waals surface area contributed by atoms with Crippen LogP contribution >= 0.6 is 11.3 Å². The summed E-state index contributed by atoms with van der Waals surface area (Å²) in [7, 11) is 0. The zero-order valence-electron chi connectivity index (χ0n) is 6.60. The molecule has 2 heterocycles. The van der Waals surface area contributed by atoms with Crippen LogP contribution in [0.3, 0.4) is 0 Å². The van der Waals surface area contributed by atoms with Gasteiger partial charge in [-0.05, 0) is 11.4 Å². The summed E-state index contributed by atoms with van der Waals surface area (Å²) in [5, 5.41) is 15.9. The van der Waals surface area contributed by atoms with Gasteiger partial charge in [-0.1, -0.05) is 5.16 Å². The largest absolute Gasteiger partial charge is 0.334 e. The molecule has 0 aliphatic rings. The molecular weight excluding hydrogens is 186 g/mol. The maximum Gasteiger partial charge on any atom is 0.258 e. The maximum absolute atomic E-state index is 8.39. The van der Waals surface area contributed by atoms with Crippen molar-refractivity contribution in [2.75, 3.05) is 0 Å². The summed E-state index contributed by atoms with van der Waals surface area (Å²) in [4.78, 5) is 4.05. The van der Waals surface area contributed by atoms with Crippen LogP contribution in [0.1, 0.15) is 5.82 Å². The van der Waals surface area contributed by atoms with Crippen molar-refractivity contribution in [2.45, 2.75) is 6.42 Å². The molecule has 0 fully saturated rings. The first kappa shape index (κ1) is 7.95. The molecule has 0 aromatic carbocycles. The second kappa shape index (κ2) is 3.37. The van der Waals surface area contributed by atoms with Crippen LogP contribution in [0.5, 0.6) is 0 Å². The van der Waals surface area contributed by atoms with Crippen LogP contribution < -0.4 is 0 Å². The second-order valence-electron chi connectivity index (χ2n) is 2.36. The molecule has 0 radical (unpaired) electrons. The molecule has 0 spiro atoms. The lowest BCUT2D eigenvalue weighted by atomic mass is 10.3. The fourth-order valence-corrected chi connectivity index (χ4v) is 1.53. The van der Waals surface area contributed by atoms with E-state index >= 15 is 0 Å². The summed E-state index contributed by atoms with van der Waals surface area (Å²) in [5.74, 6) is 0.912. The lowest BCUT2D eigenvalue weighted by Gasteiger charge is -1.81. The highest BCUT2D eigenvalue weighted by Crippen LogP contribution is 2.19. The molecule has 0 amide bonds. The summed E-state index contributed by atoms with van der Waals surface area (Å²) in [6.07, 6.45) is 0.188. The van der Waals surface area contributed by atoms with Crippen molar-refractivity contribution in [2.24, 2.45) is 0 Å². The SMILES string of the molecule is N#CCc1noc(-c2ccsc2)n1. The van der Waals surface area contributed by atoms with Gasteiger partial charge in [-0.15, -0.1) is 0 Å². The van der Waals surface area contributed by atoms with Crippen molar-refractivity contribution >= 4 is 11.3 Å². The Labute approximate surface area is 78.4 Å². The summed E-state index contributed by atoms with van der Waals surface area (Å²) in [6, 6.07) is 3.86.